The minimum Gasteiger partial charge on any atom is -0.481 e. The molecule has 0 amide bonds. The van der Waals surface area contributed by atoms with E-state index in [1.807, 2.05) is 30.3 Å². The van der Waals surface area contributed by atoms with Crippen LogP contribution in [0.4, 0.5) is 0 Å². The maximum Gasteiger partial charge on any atom is 0.320 e. The third-order valence-electron chi connectivity index (χ3n) is 2.34. The smallest absolute Gasteiger partial charge is 0.320 e. The van der Waals surface area contributed by atoms with E-state index in [0.717, 1.165) is 5.56 Å². The first-order valence-corrected chi connectivity index (χ1v) is 5.31. The number of benzene rings is 1. The van der Waals surface area contributed by atoms with E-state index in [2.05, 4.69) is 5.32 Å². The second-order valence-corrected chi connectivity index (χ2v) is 3.69. The van der Waals surface area contributed by atoms with Gasteiger partial charge in [0.2, 0.25) is 0 Å². The van der Waals surface area contributed by atoms with Crippen molar-refractivity contribution in [2.75, 3.05) is 0 Å². The Bertz CT molecular complexity index is 377. The van der Waals surface area contributed by atoms with E-state index in [-0.39, 0.29) is 12.8 Å². The fraction of sp³-hybridized carbons (Fsp3) is 0.333. The van der Waals surface area contributed by atoms with Crippen molar-refractivity contribution in [2.24, 2.45) is 0 Å². The summed E-state index contributed by atoms with van der Waals surface area (Å²) in [6, 6.07) is 8.54. The van der Waals surface area contributed by atoms with Crippen LogP contribution < -0.4 is 5.32 Å². The van der Waals surface area contributed by atoms with Gasteiger partial charge in [0.1, 0.15) is 6.04 Å². The molecule has 1 aromatic rings. The highest BCUT2D eigenvalue weighted by atomic mass is 16.4. The summed E-state index contributed by atoms with van der Waals surface area (Å²) in [5.74, 6) is -2.01. The molecule has 1 unspecified atom stereocenters. The zero-order valence-corrected chi connectivity index (χ0v) is 9.30. The van der Waals surface area contributed by atoms with Gasteiger partial charge < -0.3 is 15.5 Å². The highest BCUT2D eigenvalue weighted by Crippen LogP contribution is 2.02. The zero-order valence-electron chi connectivity index (χ0n) is 9.30. The van der Waals surface area contributed by atoms with Crippen LogP contribution >= 0.6 is 0 Å². The number of carboxylic acids is 2. The molecule has 0 aliphatic heterocycles. The summed E-state index contributed by atoms with van der Waals surface area (Å²) >= 11 is 0. The number of hydrogen-bond donors (Lipinski definition) is 3. The third kappa shape index (κ3) is 5.12. The van der Waals surface area contributed by atoms with Crippen molar-refractivity contribution in [3.8, 4) is 0 Å². The Labute approximate surface area is 99.1 Å². The van der Waals surface area contributed by atoms with E-state index in [1.165, 1.54) is 0 Å². The van der Waals surface area contributed by atoms with Crippen molar-refractivity contribution in [1.29, 1.82) is 0 Å². The van der Waals surface area contributed by atoms with Gasteiger partial charge in [-0.2, -0.15) is 0 Å². The summed E-state index contributed by atoms with van der Waals surface area (Å²) in [5.41, 5.74) is 0.967. The Hall–Kier alpha value is -1.88. The number of aliphatic carboxylic acids is 2. The van der Waals surface area contributed by atoms with Gasteiger partial charge in [-0.1, -0.05) is 30.3 Å². The molecular formula is C12H15NO4. The van der Waals surface area contributed by atoms with Crippen molar-refractivity contribution in [2.45, 2.75) is 25.4 Å². The quantitative estimate of drug-likeness (QED) is 0.661. The molecule has 1 rings (SSSR count). The SMILES string of the molecule is O=C(O)CCC(NCc1ccccc1)C(=O)O. The minimum atomic E-state index is -1.03. The molecule has 0 saturated carbocycles. The van der Waals surface area contributed by atoms with Crippen molar-refractivity contribution in [1.82, 2.24) is 5.32 Å². The Morgan fingerprint density at radius 3 is 2.35 bits per heavy atom. The summed E-state index contributed by atoms with van der Waals surface area (Å²) in [6.45, 7) is 0.414. The monoisotopic (exact) mass is 237 g/mol. The standard InChI is InChI=1S/C12H15NO4/c14-11(15)7-6-10(12(16)17)13-8-9-4-2-1-3-5-9/h1-5,10,13H,6-8H2,(H,14,15)(H,16,17). The second kappa shape index (κ2) is 6.65. The molecule has 92 valence electrons. The predicted molar refractivity (Wildman–Crippen MR) is 61.6 cm³/mol. The van der Waals surface area contributed by atoms with Crippen LogP contribution in [0.3, 0.4) is 0 Å². The van der Waals surface area contributed by atoms with Crippen LogP contribution in [0.2, 0.25) is 0 Å². The number of hydrogen-bond acceptors (Lipinski definition) is 3. The lowest BCUT2D eigenvalue weighted by atomic mass is 10.1. The summed E-state index contributed by atoms with van der Waals surface area (Å²) in [6.07, 6.45) is -0.0732. The van der Waals surface area contributed by atoms with Crippen molar-refractivity contribution in [3.63, 3.8) is 0 Å². The van der Waals surface area contributed by atoms with Gasteiger partial charge in [-0.25, -0.2) is 0 Å². The van der Waals surface area contributed by atoms with E-state index < -0.39 is 18.0 Å². The average molecular weight is 237 g/mol. The van der Waals surface area contributed by atoms with E-state index >= 15 is 0 Å². The van der Waals surface area contributed by atoms with Crippen molar-refractivity contribution in [3.05, 3.63) is 35.9 Å². The molecule has 0 radical (unpaired) electrons. The van der Waals surface area contributed by atoms with Gasteiger partial charge in [-0.05, 0) is 12.0 Å². The number of carbonyl (C=O) groups is 2. The minimum absolute atomic E-state index is 0.0809. The van der Waals surface area contributed by atoms with Crippen LogP contribution in [0, 0.1) is 0 Å². The first-order valence-electron chi connectivity index (χ1n) is 5.31. The number of rotatable bonds is 7. The van der Waals surface area contributed by atoms with Crippen LogP contribution in [0.25, 0.3) is 0 Å². The molecule has 1 atom stereocenters. The summed E-state index contributed by atoms with van der Waals surface area (Å²) < 4.78 is 0. The molecule has 0 heterocycles. The fourth-order valence-electron chi connectivity index (χ4n) is 1.42. The maximum absolute atomic E-state index is 10.9. The largest absolute Gasteiger partial charge is 0.481 e. The average Bonchev–Trinajstić information content (AvgIpc) is 2.29. The van der Waals surface area contributed by atoms with Gasteiger partial charge in [0.25, 0.3) is 0 Å². The molecule has 0 spiro atoms. The van der Waals surface area contributed by atoms with Gasteiger partial charge in [-0.15, -0.1) is 0 Å². The van der Waals surface area contributed by atoms with Crippen molar-refractivity contribution >= 4 is 11.9 Å². The Morgan fingerprint density at radius 1 is 1.18 bits per heavy atom. The topological polar surface area (TPSA) is 86.6 Å². The Balaban J connectivity index is 2.45. The Morgan fingerprint density at radius 2 is 1.82 bits per heavy atom. The van der Waals surface area contributed by atoms with E-state index in [4.69, 9.17) is 10.2 Å². The van der Waals surface area contributed by atoms with Crippen LogP contribution in [0.15, 0.2) is 30.3 Å². The lowest BCUT2D eigenvalue weighted by molar-refractivity contribution is -0.140. The summed E-state index contributed by atoms with van der Waals surface area (Å²) in [7, 11) is 0. The molecular weight excluding hydrogens is 222 g/mol. The molecule has 5 heteroatoms. The Kier molecular flexibility index (Phi) is 5.16. The van der Waals surface area contributed by atoms with Gasteiger partial charge in [-0.3, -0.25) is 9.59 Å². The van der Waals surface area contributed by atoms with Crippen LogP contribution in [0.1, 0.15) is 18.4 Å². The molecule has 17 heavy (non-hydrogen) atoms. The molecule has 0 aliphatic rings. The van der Waals surface area contributed by atoms with Crippen LogP contribution in [-0.4, -0.2) is 28.2 Å². The summed E-state index contributed by atoms with van der Waals surface area (Å²) in [5, 5.41) is 20.2. The molecule has 0 aromatic heterocycles. The lowest BCUT2D eigenvalue weighted by Gasteiger charge is -2.13. The van der Waals surface area contributed by atoms with E-state index in [9.17, 15) is 9.59 Å². The molecule has 0 saturated heterocycles. The second-order valence-electron chi connectivity index (χ2n) is 3.69. The highest BCUT2D eigenvalue weighted by molar-refractivity contribution is 5.75. The lowest BCUT2D eigenvalue weighted by Crippen LogP contribution is -2.36. The van der Waals surface area contributed by atoms with Crippen molar-refractivity contribution < 1.29 is 19.8 Å². The first kappa shape index (κ1) is 13.2. The summed E-state index contributed by atoms with van der Waals surface area (Å²) in [4.78, 5) is 21.3. The normalized spacial score (nSPS) is 12.0. The molecule has 3 N–H and O–H groups in total. The van der Waals surface area contributed by atoms with Gasteiger partial charge in [0.15, 0.2) is 0 Å². The zero-order chi connectivity index (χ0) is 12.7. The maximum atomic E-state index is 10.9. The van der Waals surface area contributed by atoms with Gasteiger partial charge >= 0.3 is 11.9 Å². The van der Waals surface area contributed by atoms with Crippen LogP contribution in [0.5, 0.6) is 0 Å². The van der Waals surface area contributed by atoms with Gasteiger partial charge in [0, 0.05) is 13.0 Å². The molecule has 0 aliphatic carbocycles. The first-order chi connectivity index (χ1) is 8.09. The molecule has 1 aromatic carbocycles. The number of nitrogens with one attached hydrogen (secondary N) is 1. The van der Waals surface area contributed by atoms with E-state index in [1.54, 1.807) is 0 Å². The third-order valence-corrected chi connectivity index (χ3v) is 2.34. The predicted octanol–water partition coefficient (Wildman–Crippen LogP) is 1.09. The van der Waals surface area contributed by atoms with Crippen LogP contribution in [-0.2, 0) is 16.1 Å². The van der Waals surface area contributed by atoms with Gasteiger partial charge in [0.05, 0.1) is 0 Å². The molecule has 0 bridgehead atoms. The fourth-order valence-corrected chi connectivity index (χ4v) is 1.42. The highest BCUT2D eigenvalue weighted by Gasteiger charge is 2.17. The molecule has 0 fully saturated rings. The number of carboxylic acid groups (broad SMARTS) is 2. The molecule has 5 nitrogen and oxygen atoms in total. The van der Waals surface area contributed by atoms with E-state index in [0.29, 0.717) is 6.54 Å².